The van der Waals surface area contributed by atoms with E-state index in [4.69, 9.17) is 14.5 Å². The van der Waals surface area contributed by atoms with Gasteiger partial charge < -0.3 is 0 Å². The Morgan fingerprint density at radius 3 is 2.73 bits per heavy atom. The van der Waals surface area contributed by atoms with E-state index in [9.17, 15) is 19.3 Å². The molecule has 1 fully saturated rings. The molecule has 0 amide bonds. The number of nitrogens with zero attached hydrogens (tertiary/aromatic N) is 1. The molecule has 10 nitrogen and oxygen atoms in total. The van der Waals surface area contributed by atoms with Crippen molar-refractivity contribution in [1.82, 2.24) is 9.55 Å². The Bertz CT molecular complexity index is 684. The quantitative estimate of drug-likeness (QED) is 0.342. The molecule has 1 aromatic heterocycles. The van der Waals surface area contributed by atoms with Crippen molar-refractivity contribution in [2.45, 2.75) is 29.1 Å². The molecular weight excluding hydrogens is 386 g/mol. The minimum atomic E-state index is -4.68. The molecule has 2 rings (SSSR count). The zero-order chi connectivity index (χ0) is 16.5. The van der Waals surface area contributed by atoms with Crippen LogP contribution in [-0.2, 0) is 13.8 Å². The van der Waals surface area contributed by atoms with Crippen LogP contribution in [-0.4, -0.2) is 58.2 Å². The van der Waals surface area contributed by atoms with Gasteiger partial charge in [0.2, 0.25) is 0 Å². The molecule has 0 radical (unpaired) electrons. The van der Waals surface area contributed by atoms with Crippen molar-refractivity contribution in [1.29, 1.82) is 0 Å². The van der Waals surface area contributed by atoms with Gasteiger partial charge in [-0.05, 0) is 0 Å². The summed E-state index contributed by atoms with van der Waals surface area (Å²) in [5, 5.41) is 10.2. The molecule has 0 saturated carbocycles. The fraction of sp³-hybridized carbons (Fsp3) is 0.600. The predicted molar refractivity (Wildman–Crippen MR) is 74.6 cm³/mol. The number of aromatic nitrogens is 2. The van der Waals surface area contributed by atoms with Crippen LogP contribution in [0.25, 0.3) is 0 Å². The van der Waals surface area contributed by atoms with E-state index >= 15 is 0 Å². The fourth-order valence-corrected chi connectivity index (χ4v) is 4.33. The summed E-state index contributed by atoms with van der Waals surface area (Å²) < 4.78 is 21.7. The van der Waals surface area contributed by atoms with Gasteiger partial charge in [0.15, 0.2) is 0 Å². The molecule has 0 unspecified atom stereocenters. The van der Waals surface area contributed by atoms with E-state index in [-0.39, 0.29) is 15.0 Å². The first-order valence-corrected chi connectivity index (χ1v) is 10.3. The molecule has 12 heteroatoms. The Labute approximate surface area is 130 Å². The molecule has 1 aromatic rings. The van der Waals surface area contributed by atoms with Gasteiger partial charge in [-0.1, -0.05) is 0 Å². The van der Waals surface area contributed by atoms with Crippen LogP contribution < -0.4 is 11.2 Å². The molecule has 4 atom stereocenters. The maximum atomic E-state index is 11.8. The summed E-state index contributed by atoms with van der Waals surface area (Å²) in [6.45, 7) is -0.507. The topological polar surface area (TPSA) is 151 Å². The monoisotopic (exact) mass is 402 g/mol. The Morgan fingerprint density at radius 2 is 2.18 bits per heavy atom. The molecule has 0 bridgehead atoms. The SMILES string of the molecule is C[Se][C@H]1[C@@H](O)[C@H](COP(=O)(O)O)O[C@@H]1n1ccc(=O)[nH]c1=O. The third kappa shape index (κ3) is 3.95. The molecule has 124 valence electrons. The number of nitrogens with one attached hydrogen (secondary N) is 1. The summed E-state index contributed by atoms with van der Waals surface area (Å²) in [7, 11) is -4.68. The van der Waals surface area contributed by atoms with Gasteiger partial charge in [-0.3, -0.25) is 0 Å². The molecule has 1 aliphatic heterocycles. The average Bonchev–Trinajstić information content (AvgIpc) is 2.72. The predicted octanol–water partition coefficient (Wildman–Crippen LogP) is -1.56. The summed E-state index contributed by atoms with van der Waals surface area (Å²) in [4.78, 5) is 42.0. The van der Waals surface area contributed by atoms with Crippen molar-refractivity contribution in [3.63, 3.8) is 0 Å². The van der Waals surface area contributed by atoms with Crippen LogP contribution in [0, 0.1) is 0 Å². The Hall–Kier alpha value is -0.771. The Morgan fingerprint density at radius 1 is 1.50 bits per heavy atom. The molecule has 4 N–H and O–H groups in total. The van der Waals surface area contributed by atoms with Crippen molar-refractivity contribution in [3.05, 3.63) is 33.1 Å². The number of H-pyrrole nitrogens is 1. The van der Waals surface area contributed by atoms with Crippen molar-refractivity contribution in [3.8, 4) is 0 Å². The van der Waals surface area contributed by atoms with E-state index in [1.165, 1.54) is 6.20 Å². The van der Waals surface area contributed by atoms with Crippen molar-refractivity contribution < 1.29 is 28.7 Å². The van der Waals surface area contributed by atoms with E-state index < -0.39 is 48.9 Å². The van der Waals surface area contributed by atoms with E-state index in [0.29, 0.717) is 0 Å². The summed E-state index contributed by atoms with van der Waals surface area (Å²) in [5.41, 5.74) is -1.24. The van der Waals surface area contributed by atoms with E-state index in [1.807, 2.05) is 5.82 Å². The van der Waals surface area contributed by atoms with E-state index in [1.54, 1.807) is 0 Å². The minimum absolute atomic E-state index is 0.128. The van der Waals surface area contributed by atoms with Crippen molar-refractivity contribution in [2.75, 3.05) is 6.61 Å². The number of phosphoric ester groups is 1. The third-order valence-electron chi connectivity index (χ3n) is 3.12. The average molecular weight is 401 g/mol. The molecule has 2 heterocycles. The summed E-state index contributed by atoms with van der Waals surface area (Å²) in [6.07, 6.45) is -1.61. The molecule has 0 aromatic carbocycles. The normalized spacial score (nSPS) is 28.9. The second-order valence-electron chi connectivity index (χ2n) is 4.56. The molecular formula is C10H15N2O8PSe. The zero-order valence-electron chi connectivity index (χ0n) is 11.4. The van der Waals surface area contributed by atoms with Gasteiger partial charge in [-0.2, -0.15) is 0 Å². The molecule has 1 aliphatic rings. The van der Waals surface area contributed by atoms with Crippen LogP contribution >= 0.6 is 7.82 Å². The number of aromatic amines is 1. The summed E-state index contributed by atoms with van der Waals surface area (Å²) in [6, 6.07) is 1.15. The number of ether oxygens (including phenoxy) is 1. The van der Waals surface area contributed by atoms with Gasteiger partial charge in [0, 0.05) is 0 Å². The van der Waals surface area contributed by atoms with E-state index in [2.05, 4.69) is 9.51 Å². The van der Waals surface area contributed by atoms with Crippen LogP contribution in [0.1, 0.15) is 6.23 Å². The maximum absolute atomic E-state index is 11.8. The van der Waals surface area contributed by atoms with Gasteiger partial charge in [-0.15, -0.1) is 0 Å². The third-order valence-corrected chi connectivity index (χ3v) is 5.82. The Balaban J connectivity index is 2.23. The van der Waals surface area contributed by atoms with Crippen molar-refractivity contribution >= 4 is 22.8 Å². The van der Waals surface area contributed by atoms with Gasteiger partial charge in [0.25, 0.3) is 0 Å². The standard InChI is InChI=1S/C10H15N2O8PSe/c1-22-8-7(14)5(4-19-21(16,17)18)20-9(8)12-3-2-6(13)11-10(12)15/h2-3,5,7-9,14H,4H2,1H3,(H,11,13,15)(H2,16,17,18)/t5-,7-,8-,9-/m0/s1. The second-order valence-corrected chi connectivity index (χ2v) is 7.93. The Kier molecular flexibility index (Phi) is 5.41. The molecule has 0 aliphatic carbocycles. The first kappa shape index (κ1) is 17.6. The van der Waals surface area contributed by atoms with Gasteiger partial charge in [-0.25, -0.2) is 0 Å². The molecule has 0 spiro atoms. The number of hydrogen-bond donors (Lipinski definition) is 4. The van der Waals surface area contributed by atoms with Crippen LogP contribution in [0.5, 0.6) is 0 Å². The first-order valence-electron chi connectivity index (χ1n) is 6.11. The summed E-state index contributed by atoms with van der Waals surface area (Å²) in [5.74, 6) is 1.83. The number of rotatable bonds is 5. The summed E-state index contributed by atoms with van der Waals surface area (Å²) >= 11 is -0.128. The van der Waals surface area contributed by atoms with E-state index in [0.717, 1.165) is 10.6 Å². The number of aliphatic hydroxyl groups excluding tert-OH is 1. The van der Waals surface area contributed by atoms with Crippen LogP contribution in [0.2, 0.25) is 10.6 Å². The van der Waals surface area contributed by atoms with Gasteiger partial charge in [0.1, 0.15) is 0 Å². The zero-order valence-corrected chi connectivity index (χ0v) is 14.0. The first-order chi connectivity index (χ1) is 10.2. The molecule has 1 saturated heterocycles. The van der Waals surface area contributed by atoms with Crippen molar-refractivity contribution in [2.24, 2.45) is 0 Å². The molecule has 22 heavy (non-hydrogen) atoms. The fourth-order valence-electron chi connectivity index (χ4n) is 2.13. The number of hydrogen-bond acceptors (Lipinski definition) is 6. The van der Waals surface area contributed by atoms with Crippen LogP contribution in [0.15, 0.2) is 21.9 Å². The second kappa shape index (κ2) is 6.77. The van der Waals surface area contributed by atoms with Gasteiger partial charge in [0.05, 0.1) is 0 Å². The van der Waals surface area contributed by atoms with Crippen LogP contribution in [0.3, 0.4) is 0 Å². The number of aliphatic hydroxyl groups is 1. The number of phosphoric acid groups is 1. The van der Waals surface area contributed by atoms with Crippen LogP contribution in [0.4, 0.5) is 0 Å². The van der Waals surface area contributed by atoms with Gasteiger partial charge >= 0.3 is 130 Å².